The van der Waals surface area contributed by atoms with Gasteiger partial charge in [0.15, 0.2) is 11.2 Å². The van der Waals surface area contributed by atoms with E-state index in [4.69, 9.17) is 9.15 Å². The van der Waals surface area contributed by atoms with Crippen molar-refractivity contribution in [2.24, 2.45) is 0 Å². The molecular formula is C20H18N2O5. The first kappa shape index (κ1) is 18.2. The summed E-state index contributed by atoms with van der Waals surface area (Å²) in [5.41, 5.74) is 0.438. The predicted molar refractivity (Wildman–Crippen MR) is 101 cm³/mol. The lowest BCUT2D eigenvalue weighted by Gasteiger charge is -2.14. The Bertz CT molecular complexity index is 1060. The van der Waals surface area contributed by atoms with Crippen LogP contribution in [0.25, 0.3) is 11.0 Å². The van der Waals surface area contributed by atoms with Crippen LogP contribution in [0.2, 0.25) is 0 Å². The molecule has 138 valence electrons. The molecule has 3 rings (SSSR count). The van der Waals surface area contributed by atoms with Crippen molar-refractivity contribution < 1.29 is 18.7 Å². The number of para-hydroxylation sites is 1. The molecule has 0 aliphatic heterocycles. The third-order valence-corrected chi connectivity index (χ3v) is 3.94. The van der Waals surface area contributed by atoms with Gasteiger partial charge in [-0.15, -0.1) is 0 Å². The number of nitrogens with zero attached hydrogens (tertiary/aromatic N) is 1. The Morgan fingerprint density at radius 3 is 2.67 bits per heavy atom. The third kappa shape index (κ3) is 4.14. The molecule has 27 heavy (non-hydrogen) atoms. The Kier molecular flexibility index (Phi) is 5.21. The highest BCUT2D eigenvalue weighted by Gasteiger charge is 2.14. The molecule has 0 saturated heterocycles. The van der Waals surface area contributed by atoms with E-state index in [1.54, 1.807) is 49.5 Å². The van der Waals surface area contributed by atoms with Crippen molar-refractivity contribution in [3.05, 3.63) is 70.6 Å². The quantitative estimate of drug-likeness (QED) is 0.763. The van der Waals surface area contributed by atoms with Gasteiger partial charge in [-0.25, -0.2) is 4.79 Å². The maximum absolute atomic E-state index is 12.4. The van der Waals surface area contributed by atoms with Crippen molar-refractivity contribution in [1.29, 1.82) is 0 Å². The van der Waals surface area contributed by atoms with E-state index in [-0.39, 0.29) is 16.9 Å². The van der Waals surface area contributed by atoms with Gasteiger partial charge in [0.2, 0.25) is 0 Å². The first-order valence-corrected chi connectivity index (χ1v) is 8.35. The van der Waals surface area contributed by atoms with Gasteiger partial charge in [0.1, 0.15) is 11.3 Å². The first-order valence-electron chi connectivity index (χ1n) is 8.35. The number of hydrogen-bond donors (Lipinski definition) is 1. The number of anilines is 1. The van der Waals surface area contributed by atoms with Crippen LogP contribution in [0.15, 0.2) is 63.8 Å². The Balaban J connectivity index is 1.79. The number of ether oxygens (including phenoxy) is 1. The minimum Gasteiger partial charge on any atom is -0.451 e. The van der Waals surface area contributed by atoms with Crippen molar-refractivity contribution in [2.75, 3.05) is 18.9 Å². The Labute approximate surface area is 155 Å². The highest BCUT2D eigenvalue weighted by atomic mass is 16.6. The average Bonchev–Trinajstić information content (AvgIpc) is 2.67. The predicted octanol–water partition coefficient (Wildman–Crippen LogP) is 3.50. The molecule has 7 nitrogen and oxygen atoms in total. The normalized spacial score (nSPS) is 10.4. The van der Waals surface area contributed by atoms with Crippen LogP contribution in [0.4, 0.5) is 10.5 Å². The maximum atomic E-state index is 12.4. The van der Waals surface area contributed by atoms with E-state index in [0.29, 0.717) is 23.2 Å². The molecule has 1 N–H and O–H groups in total. The number of nitrogens with one attached hydrogen (secondary N) is 1. The molecule has 1 heterocycles. The topological polar surface area (TPSA) is 88.9 Å². The van der Waals surface area contributed by atoms with Crippen molar-refractivity contribution in [3.63, 3.8) is 0 Å². The molecule has 1 aromatic heterocycles. The minimum atomic E-state index is -0.577. The lowest BCUT2D eigenvalue weighted by Crippen LogP contribution is -2.29. The molecular weight excluding hydrogens is 348 g/mol. The van der Waals surface area contributed by atoms with Crippen LogP contribution in [-0.4, -0.2) is 30.5 Å². The van der Waals surface area contributed by atoms with E-state index in [2.05, 4.69) is 5.32 Å². The summed E-state index contributed by atoms with van der Waals surface area (Å²) < 4.78 is 10.7. The molecule has 0 fully saturated rings. The molecule has 0 spiro atoms. The summed E-state index contributed by atoms with van der Waals surface area (Å²) in [6.45, 7) is 2.34. The zero-order chi connectivity index (χ0) is 19.4. The molecule has 0 aliphatic rings. The SMILES string of the molecule is CCN(C)C(=O)Oc1cccc(NC(=O)c2cc(=O)c3ccccc3o2)c1. The van der Waals surface area contributed by atoms with Crippen molar-refractivity contribution in [2.45, 2.75) is 6.92 Å². The number of fused-ring (bicyclic) bond motifs is 1. The number of benzene rings is 2. The van der Waals surface area contributed by atoms with Crippen LogP contribution in [0.5, 0.6) is 5.75 Å². The van der Waals surface area contributed by atoms with Gasteiger partial charge in [0, 0.05) is 31.4 Å². The van der Waals surface area contributed by atoms with Gasteiger partial charge < -0.3 is 19.4 Å². The van der Waals surface area contributed by atoms with Crippen LogP contribution in [0.3, 0.4) is 0 Å². The molecule has 3 aromatic rings. The minimum absolute atomic E-state index is 0.105. The lowest BCUT2D eigenvalue weighted by molar-refractivity contribution is 0.0997. The Morgan fingerprint density at radius 1 is 1.11 bits per heavy atom. The average molecular weight is 366 g/mol. The second-order valence-corrected chi connectivity index (χ2v) is 5.84. The summed E-state index contributed by atoms with van der Waals surface area (Å²) in [5.74, 6) is -0.392. The molecule has 0 bridgehead atoms. The van der Waals surface area contributed by atoms with E-state index in [0.717, 1.165) is 6.07 Å². The van der Waals surface area contributed by atoms with Crippen LogP contribution in [0.1, 0.15) is 17.5 Å². The van der Waals surface area contributed by atoms with Gasteiger partial charge in [-0.1, -0.05) is 18.2 Å². The largest absolute Gasteiger partial charge is 0.451 e. The number of carbonyl (C=O) groups excluding carboxylic acids is 2. The molecule has 0 aliphatic carbocycles. The van der Waals surface area contributed by atoms with Crippen molar-refractivity contribution in [3.8, 4) is 5.75 Å². The van der Waals surface area contributed by atoms with Crippen LogP contribution < -0.4 is 15.5 Å². The standard InChI is InChI=1S/C20H18N2O5/c1-3-22(2)20(25)26-14-8-6-7-13(11-14)21-19(24)18-12-16(23)15-9-4-5-10-17(15)27-18/h4-12H,3H2,1-2H3,(H,21,24). The first-order chi connectivity index (χ1) is 13.0. The van der Waals surface area contributed by atoms with E-state index in [9.17, 15) is 14.4 Å². The van der Waals surface area contributed by atoms with Gasteiger partial charge in [0.05, 0.1) is 5.39 Å². The monoisotopic (exact) mass is 366 g/mol. The fraction of sp³-hybridized carbons (Fsp3) is 0.150. The highest BCUT2D eigenvalue weighted by Crippen LogP contribution is 2.19. The fourth-order valence-corrected chi connectivity index (χ4v) is 2.35. The number of amides is 2. The maximum Gasteiger partial charge on any atom is 0.414 e. The number of rotatable bonds is 4. The summed E-state index contributed by atoms with van der Waals surface area (Å²) in [5, 5.41) is 3.04. The van der Waals surface area contributed by atoms with Crippen LogP contribution >= 0.6 is 0 Å². The zero-order valence-corrected chi connectivity index (χ0v) is 14.9. The molecule has 0 atom stereocenters. The van der Waals surface area contributed by atoms with Gasteiger partial charge in [-0.3, -0.25) is 9.59 Å². The van der Waals surface area contributed by atoms with E-state index >= 15 is 0 Å². The third-order valence-electron chi connectivity index (χ3n) is 3.94. The molecule has 7 heteroatoms. The van der Waals surface area contributed by atoms with E-state index in [1.807, 2.05) is 6.92 Å². The van der Waals surface area contributed by atoms with Gasteiger partial charge >= 0.3 is 6.09 Å². The summed E-state index contributed by atoms with van der Waals surface area (Å²) in [6, 6.07) is 14.2. The molecule has 0 radical (unpaired) electrons. The van der Waals surface area contributed by atoms with E-state index in [1.165, 1.54) is 11.0 Å². The molecule has 0 unspecified atom stereocenters. The van der Waals surface area contributed by atoms with Crippen molar-refractivity contribution in [1.82, 2.24) is 4.90 Å². The highest BCUT2D eigenvalue weighted by molar-refractivity contribution is 6.03. The molecule has 2 aromatic carbocycles. The van der Waals surface area contributed by atoms with E-state index < -0.39 is 12.0 Å². The molecule has 0 saturated carbocycles. The van der Waals surface area contributed by atoms with Crippen molar-refractivity contribution >= 4 is 28.7 Å². The Hall–Kier alpha value is -3.61. The lowest BCUT2D eigenvalue weighted by atomic mass is 10.2. The van der Waals surface area contributed by atoms with Crippen LogP contribution in [0, 0.1) is 0 Å². The second kappa shape index (κ2) is 7.74. The van der Waals surface area contributed by atoms with Gasteiger partial charge in [-0.05, 0) is 31.2 Å². The second-order valence-electron chi connectivity index (χ2n) is 5.84. The summed E-state index contributed by atoms with van der Waals surface area (Å²) in [4.78, 5) is 37.8. The summed E-state index contributed by atoms with van der Waals surface area (Å²) in [7, 11) is 1.62. The zero-order valence-electron chi connectivity index (χ0n) is 14.9. The molecule has 2 amide bonds. The number of hydrogen-bond acceptors (Lipinski definition) is 5. The fourth-order valence-electron chi connectivity index (χ4n) is 2.35. The van der Waals surface area contributed by atoms with Gasteiger partial charge in [0.25, 0.3) is 5.91 Å². The number of carbonyl (C=O) groups is 2. The van der Waals surface area contributed by atoms with Gasteiger partial charge in [-0.2, -0.15) is 0 Å². The summed E-state index contributed by atoms with van der Waals surface area (Å²) in [6.07, 6.45) is -0.499. The summed E-state index contributed by atoms with van der Waals surface area (Å²) >= 11 is 0. The van der Waals surface area contributed by atoms with Crippen LogP contribution in [-0.2, 0) is 0 Å². The smallest absolute Gasteiger partial charge is 0.414 e. The Morgan fingerprint density at radius 2 is 1.89 bits per heavy atom.